The molecule has 1 unspecified atom stereocenters. The second-order valence-corrected chi connectivity index (χ2v) is 4.93. The predicted molar refractivity (Wildman–Crippen MR) is 69.6 cm³/mol. The van der Waals surface area contributed by atoms with E-state index in [4.69, 9.17) is 5.26 Å². The molecule has 17 heavy (non-hydrogen) atoms. The van der Waals surface area contributed by atoms with Crippen LogP contribution in [0.3, 0.4) is 0 Å². The highest BCUT2D eigenvalue weighted by Gasteiger charge is 2.22. The summed E-state index contributed by atoms with van der Waals surface area (Å²) in [6.07, 6.45) is 3.91. The smallest absolute Gasteiger partial charge is 0.0991 e. The lowest BCUT2D eigenvalue weighted by Gasteiger charge is -2.24. The molecule has 0 spiro atoms. The van der Waals surface area contributed by atoms with Crippen LogP contribution >= 0.6 is 0 Å². The van der Waals surface area contributed by atoms with Gasteiger partial charge >= 0.3 is 0 Å². The molecule has 0 aliphatic carbocycles. The zero-order valence-corrected chi connectivity index (χ0v) is 10.7. The Balaban J connectivity index is 2.11. The van der Waals surface area contributed by atoms with E-state index >= 15 is 0 Å². The summed E-state index contributed by atoms with van der Waals surface area (Å²) in [5.41, 5.74) is 3.37. The van der Waals surface area contributed by atoms with Gasteiger partial charge in [-0.2, -0.15) is 5.26 Å². The van der Waals surface area contributed by atoms with Crippen LogP contribution in [-0.2, 0) is 6.54 Å². The summed E-state index contributed by atoms with van der Waals surface area (Å²) < 4.78 is 0. The summed E-state index contributed by atoms with van der Waals surface area (Å²) in [5.74, 6) is 0. The van der Waals surface area contributed by atoms with E-state index in [9.17, 15) is 0 Å². The SMILES string of the molecule is CCC1CCCN1Cc1ccc(C#N)cc1C. The molecule has 1 aromatic carbocycles. The molecule has 1 fully saturated rings. The van der Waals surface area contributed by atoms with Gasteiger partial charge in [0, 0.05) is 12.6 Å². The lowest BCUT2D eigenvalue weighted by molar-refractivity contribution is 0.239. The molecule has 1 atom stereocenters. The summed E-state index contributed by atoms with van der Waals surface area (Å²) in [6, 6.07) is 8.98. The average molecular weight is 228 g/mol. The predicted octanol–water partition coefficient (Wildman–Crippen LogP) is 3.24. The summed E-state index contributed by atoms with van der Waals surface area (Å²) >= 11 is 0. The van der Waals surface area contributed by atoms with Gasteiger partial charge in [0.25, 0.3) is 0 Å². The Hall–Kier alpha value is -1.33. The van der Waals surface area contributed by atoms with Crippen molar-refractivity contribution in [3.8, 4) is 6.07 Å². The number of aryl methyl sites for hydroxylation is 1. The van der Waals surface area contributed by atoms with Crippen molar-refractivity contribution in [1.82, 2.24) is 4.90 Å². The van der Waals surface area contributed by atoms with Crippen molar-refractivity contribution in [2.45, 2.75) is 45.7 Å². The molecule has 1 saturated heterocycles. The molecule has 2 heteroatoms. The first-order valence-corrected chi connectivity index (χ1v) is 6.48. The molecule has 1 aliphatic heterocycles. The fourth-order valence-corrected chi connectivity index (χ4v) is 2.73. The maximum absolute atomic E-state index is 8.86. The maximum Gasteiger partial charge on any atom is 0.0991 e. The Morgan fingerprint density at radius 1 is 1.47 bits per heavy atom. The number of hydrogen-bond donors (Lipinski definition) is 0. The van der Waals surface area contributed by atoms with Gasteiger partial charge in [-0.05, 0) is 56.0 Å². The van der Waals surface area contributed by atoms with Gasteiger partial charge in [-0.25, -0.2) is 0 Å². The minimum absolute atomic E-state index is 0.755. The van der Waals surface area contributed by atoms with E-state index < -0.39 is 0 Å². The zero-order valence-electron chi connectivity index (χ0n) is 10.7. The Morgan fingerprint density at radius 3 is 2.94 bits per heavy atom. The van der Waals surface area contributed by atoms with Gasteiger partial charge in [0.05, 0.1) is 11.6 Å². The highest BCUT2D eigenvalue weighted by Crippen LogP contribution is 2.23. The van der Waals surface area contributed by atoms with Gasteiger partial charge < -0.3 is 0 Å². The van der Waals surface area contributed by atoms with E-state index in [0.29, 0.717) is 0 Å². The van der Waals surface area contributed by atoms with Crippen molar-refractivity contribution in [2.24, 2.45) is 0 Å². The van der Waals surface area contributed by atoms with Crippen molar-refractivity contribution in [2.75, 3.05) is 6.54 Å². The van der Waals surface area contributed by atoms with Crippen LogP contribution in [0.2, 0.25) is 0 Å². The largest absolute Gasteiger partial charge is 0.296 e. The molecule has 0 bridgehead atoms. The Labute approximate surface area is 104 Å². The topological polar surface area (TPSA) is 27.0 Å². The Morgan fingerprint density at radius 2 is 2.29 bits per heavy atom. The minimum Gasteiger partial charge on any atom is -0.296 e. The molecule has 1 aliphatic rings. The van der Waals surface area contributed by atoms with Crippen LogP contribution in [0.25, 0.3) is 0 Å². The van der Waals surface area contributed by atoms with Crippen molar-refractivity contribution in [3.05, 3.63) is 34.9 Å². The molecule has 2 rings (SSSR count). The van der Waals surface area contributed by atoms with Gasteiger partial charge in [0.1, 0.15) is 0 Å². The third-order valence-corrected chi connectivity index (χ3v) is 3.82. The third kappa shape index (κ3) is 2.68. The highest BCUT2D eigenvalue weighted by molar-refractivity contribution is 5.37. The lowest BCUT2D eigenvalue weighted by atomic mass is 10.0. The van der Waals surface area contributed by atoms with E-state index in [1.165, 1.54) is 36.9 Å². The van der Waals surface area contributed by atoms with Gasteiger partial charge in [-0.15, -0.1) is 0 Å². The summed E-state index contributed by atoms with van der Waals surface area (Å²) in [6.45, 7) is 6.63. The van der Waals surface area contributed by atoms with Crippen LogP contribution in [-0.4, -0.2) is 17.5 Å². The number of nitrogens with zero attached hydrogens (tertiary/aromatic N) is 2. The van der Waals surface area contributed by atoms with Crippen molar-refractivity contribution >= 4 is 0 Å². The molecule has 0 N–H and O–H groups in total. The van der Waals surface area contributed by atoms with Crippen LogP contribution in [0.5, 0.6) is 0 Å². The van der Waals surface area contributed by atoms with Crippen LogP contribution in [0.1, 0.15) is 42.9 Å². The number of hydrogen-bond acceptors (Lipinski definition) is 2. The van der Waals surface area contributed by atoms with Crippen molar-refractivity contribution in [1.29, 1.82) is 5.26 Å². The van der Waals surface area contributed by atoms with Gasteiger partial charge in [0.15, 0.2) is 0 Å². The fourth-order valence-electron chi connectivity index (χ4n) is 2.73. The number of benzene rings is 1. The van der Waals surface area contributed by atoms with Gasteiger partial charge in [0.2, 0.25) is 0 Å². The molecular formula is C15H20N2. The molecule has 90 valence electrons. The fraction of sp³-hybridized carbons (Fsp3) is 0.533. The first-order chi connectivity index (χ1) is 8.24. The van der Waals surface area contributed by atoms with Crippen molar-refractivity contribution < 1.29 is 0 Å². The summed E-state index contributed by atoms with van der Waals surface area (Å²) in [5, 5.41) is 8.86. The average Bonchev–Trinajstić information content (AvgIpc) is 2.79. The number of likely N-dealkylation sites (tertiary alicyclic amines) is 1. The minimum atomic E-state index is 0.755. The Kier molecular flexibility index (Phi) is 3.81. The molecule has 1 aromatic rings. The molecule has 0 radical (unpaired) electrons. The van der Waals surface area contributed by atoms with E-state index in [0.717, 1.165) is 18.2 Å². The van der Waals surface area contributed by atoms with E-state index in [1.54, 1.807) is 0 Å². The maximum atomic E-state index is 8.86. The van der Waals surface area contributed by atoms with Crippen LogP contribution < -0.4 is 0 Å². The van der Waals surface area contributed by atoms with E-state index in [2.05, 4.69) is 30.9 Å². The second kappa shape index (κ2) is 5.33. The van der Waals surface area contributed by atoms with Crippen LogP contribution in [0, 0.1) is 18.3 Å². The van der Waals surface area contributed by atoms with E-state index in [-0.39, 0.29) is 0 Å². The summed E-state index contributed by atoms with van der Waals surface area (Å²) in [7, 11) is 0. The van der Waals surface area contributed by atoms with Gasteiger partial charge in [-0.3, -0.25) is 4.90 Å². The monoisotopic (exact) mass is 228 g/mol. The molecule has 0 amide bonds. The standard InChI is InChI=1S/C15H20N2/c1-3-15-5-4-8-17(15)11-14-7-6-13(10-16)9-12(14)2/h6-7,9,15H,3-5,8,11H2,1-2H3. The Bertz CT molecular complexity index is 431. The van der Waals surface area contributed by atoms with Crippen LogP contribution in [0.4, 0.5) is 0 Å². The molecular weight excluding hydrogens is 208 g/mol. The first kappa shape index (κ1) is 12.1. The van der Waals surface area contributed by atoms with E-state index in [1.807, 2.05) is 12.1 Å². The molecule has 0 saturated carbocycles. The van der Waals surface area contributed by atoms with Gasteiger partial charge in [-0.1, -0.05) is 13.0 Å². The second-order valence-electron chi connectivity index (χ2n) is 4.93. The number of nitriles is 1. The highest BCUT2D eigenvalue weighted by atomic mass is 15.2. The number of rotatable bonds is 3. The first-order valence-electron chi connectivity index (χ1n) is 6.48. The van der Waals surface area contributed by atoms with Crippen LogP contribution in [0.15, 0.2) is 18.2 Å². The third-order valence-electron chi connectivity index (χ3n) is 3.82. The zero-order chi connectivity index (χ0) is 12.3. The quantitative estimate of drug-likeness (QED) is 0.794. The van der Waals surface area contributed by atoms with Crippen molar-refractivity contribution in [3.63, 3.8) is 0 Å². The normalized spacial score (nSPS) is 20.4. The summed E-state index contributed by atoms with van der Waals surface area (Å²) in [4.78, 5) is 2.58. The lowest BCUT2D eigenvalue weighted by Crippen LogP contribution is -2.28. The molecule has 0 aromatic heterocycles. The molecule has 1 heterocycles. The molecule has 2 nitrogen and oxygen atoms in total.